The molecule has 0 aliphatic heterocycles. The first-order valence-electron chi connectivity index (χ1n) is 19.7. The van der Waals surface area contributed by atoms with Crippen LogP contribution in [0.15, 0.2) is 97.1 Å². The van der Waals surface area contributed by atoms with Crippen molar-refractivity contribution in [1.29, 1.82) is 0 Å². The highest BCUT2D eigenvalue weighted by Gasteiger charge is 2.21. The monoisotopic (exact) mass is 1100 g/mol. The summed E-state index contributed by atoms with van der Waals surface area (Å²) in [5, 5.41) is 0. The molecule has 8 aromatic rings. The standard InChI is InChI=1S/C38H40N10O2.4ClHO4.2H2O/c1-2-10-28-27(9-1)39-35(40-28)23-47(24-36-41-29-11-3-4-12-30(29)42-36)17-19-49-21-22-50-20-18-48(25-37-43-31-13-5-6-14-32(31)44-37)26-38-45-33-15-7-8-16-34(33)46-38;4*2-1(3,4)5;;/h1-16H,17-26H2,(H,39,40)(H,41,42)(H,43,44)(H,45,46);4*(H,2,3,4,5);2*1H2. The van der Waals surface area contributed by atoms with Crippen molar-refractivity contribution < 1.29 is 156 Å². The van der Waals surface area contributed by atoms with E-state index in [0.717, 1.165) is 107 Å². The number of hydrogen-bond donors (Lipinski definition) is 4. The summed E-state index contributed by atoms with van der Waals surface area (Å²) in [5.74, 6) is 4.24. The minimum absolute atomic E-state index is 0. The summed E-state index contributed by atoms with van der Waals surface area (Å²) in [6.07, 6.45) is 0. The molecule has 0 amide bonds. The van der Waals surface area contributed by atoms with Crippen LogP contribution < -0.4 is 94.5 Å². The fourth-order valence-corrected chi connectivity index (χ4v) is 6.58. The quantitative estimate of drug-likeness (QED) is 0.0615. The largest absolute Gasteiger partial charge is 0.412 e. The molecule has 0 saturated carbocycles. The van der Waals surface area contributed by atoms with E-state index in [1.54, 1.807) is 0 Å². The van der Waals surface area contributed by atoms with Gasteiger partial charge in [-0.3, -0.25) is 9.80 Å². The second-order valence-corrected chi connectivity index (χ2v) is 17.3. The number of para-hydroxylation sites is 8. The van der Waals surface area contributed by atoms with Crippen LogP contribution in [0.3, 0.4) is 0 Å². The van der Waals surface area contributed by atoms with Gasteiger partial charge in [-0.15, -0.1) is 41.0 Å². The van der Waals surface area contributed by atoms with Crippen LogP contribution >= 0.6 is 0 Å². The third-order valence-corrected chi connectivity index (χ3v) is 9.00. The minimum atomic E-state index is -4.94. The van der Waals surface area contributed by atoms with Crippen molar-refractivity contribution >= 4 is 44.1 Å². The van der Waals surface area contributed by atoms with Gasteiger partial charge in [-0.25, -0.2) is 114 Å². The van der Waals surface area contributed by atoms with Crippen LogP contribution in [0, 0.1) is 41.0 Å². The summed E-state index contributed by atoms with van der Waals surface area (Å²) in [7, 11) is -19.8. The van der Waals surface area contributed by atoms with Crippen LogP contribution in [-0.4, -0.2) is 80.2 Å². The van der Waals surface area contributed by atoms with Crippen molar-refractivity contribution in [2.45, 2.75) is 26.2 Å². The number of H-pyrrole nitrogens is 8. The van der Waals surface area contributed by atoms with E-state index >= 15 is 0 Å². The molecule has 0 saturated heterocycles. The minimum Gasteiger partial charge on any atom is -0.412 e. The Kier molecular flexibility index (Phi) is 26.0. The van der Waals surface area contributed by atoms with Crippen molar-refractivity contribution in [2.75, 3.05) is 39.5 Å². The predicted molar refractivity (Wildman–Crippen MR) is 197 cm³/mol. The Bertz CT molecular complexity index is 2240. The van der Waals surface area contributed by atoms with E-state index in [0.29, 0.717) is 26.4 Å². The van der Waals surface area contributed by atoms with E-state index in [9.17, 15) is 0 Å². The first kappa shape index (κ1) is 63.2. The van der Waals surface area contributed by atoms with Gasteiger partial charge in [-0.1, -0.05) is 48.5 Å². The number of aromatic amines is 8. The van der Waals surface area contributed by atoms with Crippen LogP contribution in [0.4, 0.5) is 0 Å². The average Bonchev–Trinajstić information content (AvgIpc) is 4.03. The topological polar surface area (TPSA) is 577 Å². The Morgan fingerprint density at radius 2 is 0.528 bits per heavy atom. The van der Waals surface area contributed by atoms with Crippen LogP contribution in [0.2, 0.25) is 0 Å². The van der Waals surface area contributed by atoms with E-state index in [2.05, 4.69) is 98.2 Å². The van der Waals surface area contributed by atoms with Crippen LogP contribution in [0.25, 0.3) is 44.1 Å². The number of nitrogens with zero attached hydrogens (tertiary/aromatic N) is 2. The SMILES string of the molecule is O.O.[O-][Cl+3]([O-])([O-])[O-].[O-][Cl+3]([O-])([O-])[O-].[O-][Cl+3]([O-])([O-])[O-].[O-][Cl+3]([O-])([O-])[O-].c1ccc2[nH+]c(CN(CCOCCOCCN(Cc3[nH]c4ccccc4[nH+]3)Cc3[nH]c4ccccc4[nH+]3)Cc3[nH]c4ccccc4[nH+]3)[nH]c2c1. The highest BCUT2D eigenvalue weighted by molar-refractivity contribution is 5.72. The van der Waals surface area contributed by atoms with Gasteiger partial charge in [0.2, 0.25) is 0 Å². The second kappa shape index (κ2) is 29.7. The van der Waals surface area contributed by atoms with E-state index in [-0.39, 0.29) is 11.0 Å². The number of benzene rings is 4. The van der Waals surface area contributed by atoms with Gasteiger partial charge in [0.1, 0.15) is 26.2 Å². The van der Waals surface area contributed by atoms with Crippen molar-refractivity contribution in [3.63, 3.8) is 0 Å². The van der Waals surface area contributed by atoms with Crippen molar-refractivity contribution in [3.8, 4) is 0 Å². The van der Waals surface area contributed by atoms with Crippen LogP contribution in [0.5, 0.6) is 0 Å². The molecular formula is C38H48Cl4N10O20. The van der Waals surface area contributed by atoms with Crippen molar-refractivity contribution in [1.82, 2.24) is 29.7 Å². The van der Waals surface area contributed by atoms with Gasteiger partial charge in [0.05, 0.1) is 26.4 Å². The third kappa shape index (κ3) is 27.8. The third-order valence-electron chi connectivity index (χ3n) is 9.00. The van der Waals surface area contributed by atoms with Crippen LogP contribution in [-0.2, 0) is 35.7 Å². The first-order chi connectivity index (χ1) is 32.7. The highest BCUT2D eigenvalue weighted by atomic mass is 35.7. The lowest BCUT2D eigenvalue weighted by atomic mass is 10.3. The zero-order valence-electron chi connectivity index (χ0n) is 37.1. The van der Waals surface area contributed by atoms with Crippen molar-refractivity contribution in [2.24, 2.45) is 0 Å². The molecule has 0 aliphatic carbocycles. The average molecular weight is 1110 g/mol. The number of nitrogens with one attached hydrogen (secondary N) is 8. The molecule has 4 heterocycles. The van der Waals surface area contributed by atoms with Crippen molar-refractivity contribution in [3.05, 3.63) is 120 Å². The van der Waals surface area contributed by atoms with E-state index < -0.39 is 41.0 Å². The molecule has 0 radical (unpaired) electrons. The van der Waals surface area contributed by atoms with Gasteiger partial charge in [-0.05, 0) is 48.5 Å². The normalized spacial score (nSPS) is 11.8. The Hall–Kier alpha value is -4.96. The van der Waals surface area contributed by atoms with E-state index in [1.165, 1.54) is 0 Å². The number of imidazole rings is 4. The Morgan fingerprint density at radius 1 is 0.333 bits per heavy atom. The predicted octanol–water partition coefficient (Wildman–Crippen LogP) is -17.1. The van der Waals surface area contributed by atoms with Gasteiger partial charge in [-0.2, -0.15) is 0 Å². The summed E-state index contributed by atoms with van der Waals surface area (Å²) < 4.78 is 148. The number of hydrogen-bond acceptors (Lipinski definition) is 20. The molecule has 30 nitrogen and oxygen atoms in total. The molecule has 0 bridgehead atoms. The second-order valence-electron chi connectivity index (χ2n) is 14.3. The summed E-state index contributed by atoms with van der Waals surface area (Å²) in [6, 6.07) is 33.1. The number of fused-ring (bicyclic) bond motifs is 4. The Balaban J connectivity index is 0.000000689. The van der Waals surface area contributed by atoms with Gasteiger partial charge >= 0.3 is 0 Å². The maximum absolute atomic E-state index is 8.49. The van der Waals surface area contributed by atoms with Gasteiger partial charge in [0, 0.05) is 13.1 Å². The number of halogens is 4. The lowest BCUT2D eigenvalue weighted by molar-refractivity contribution is -2.00. The number of aromatic nitrogens is 8. The van der Waals surface area contributed by atoms with Crippen LogP contribution in [0.1, 0.15) is 23.3 Å². The first-order valence-corrected chi connectivity index (χ1v) is 24.7. The molecule has 72 heavy (non-hydrogen) atoms. The molecular weight excluding hydrogens is 1060 g/mol. The number of rotatable bonds is 17. The lowest BCUT2D eigenvalue weighted by Crippen LogP contribution is -2.68. The Morgan fingerprint density at radius 3 is 0.722 bits per heavy atom. The highest BCUT2D eigenvalue weighted by Crippen LogP contribution is 2.13. The maximum Gasteiger partial charge on any atom is 0.267 e. The fourth-order valence-electron chi connectivity index (χ4n) is 6.58. The summed E-state index contributed by atoms with van der Waals surface area (Å²) >= 11 is 0. The molecule has 8 rings (SSSR count). The smallest absolute Gasteiger partial charge is 0.267 e. The van der Waals surface area contributed by atoms with Gasteiger partial charge in [0.25, 0.3) is 23.3 Å². The summed E-state index contributed by atoms with van der Waals surface area (Å²) in [4.78, 5) is 32.9. The summed E-state index contributed by atoms with van der Waals surface area (Å²) in [5.41, 5.74) is 8.82. The molecule has 0 fully saturated rings. The lowest BCUT2D eigenvalue weighted by Gasteiger charge is -2.18. The van der Waals surface area contributed by atoms with E-state index in [1.807, 2.05) is 48.5 Å². The van der Waals surface area contributed by atoms with Gasteiger partial charge in [0.15, 0.2) is 44.1 Å². The molecule has 0 aliphatic rings. The number of ether oxygens (including phenoxy) is 2. The van der Waals surface area contributed by atoms with Gasteiger partial charge < -0.3 is 20.4 Å². The Labute approximate surface area is 414 Å². The maximum atomic E-state index is 8.49. The summed E-state index contributed by atoms with van der Waals surface area (Å²) in [6.45, 7) is 6.73. The molecule has 12 N–H and O–H groups in total. The zero-order valence-corrected chi connectivity index (χ0v) is 40.1. The molecule has 4 aromatic heterocycles. The molecule has 34 heteroatoms. The molecule has 0 atom stereocenters. The fraction of sp³-hybridized carbons (Fsp3) is 0.263. The zero-order chi connectivity index (χ0) is 51.5. The molecule has 0 unspecified atom stereocenters. The molecule has 0 spiro atoms. The molecule has 4 aromatic carbocycles. The van der Waals surface area contributed by atoms with E-state index in [4.69, 9.17) is 84.0 Å². The molecule has 398 valence electrons.